The van der Waals surface area contributed by atoms with Crippen molar-refractivity contribution in [2.75, 3.05) is 0 Å². The molecule has 0 fully saturated rings. The van der Waals surface area contributed by atoms with Gasteiger partial charge in [0.1, 0.15) is 0 Å². The number of azo groups is 1. The minimum Gasteiger partial charge on any atom is -0.156 e. The van der Waals surface area contributed by atoms with Crippen LogP contribution in [0.4, 0.5) is 0 Å². The van der Waals surface area contributed by atoms with Gasteiger partial charge in [0.15, 0.2) is 0 Å². The molecule has 0 aromatic heterocycles. The third kappa shape index (κ3) is 4.06. The Hall–Kier alpha value is -0.920. The molecule has 2 nitrogen and oxygen atoms in total. The van der Waals surface area contributed by atoms with Gasteiger partial charge in [-0.05, 0) is 13.8 Å². The van der Waals surface area contributed by atoms with Crippen molar-refractivity contribution >= 4 is 0 Å². The van der Waals surface area contributed by atoms with E-state index in [1.54, 1.807) is 0 Å². The highest BCUT2D eigenvalue weighted by Crippen LogP contribution is 2.26. The van der Waals surface area contributed by atoms with Crippen molar-refractivity contribution in [3.05, 3.63) is 24.0 Å². The summed E-state index contributed by atoms with van der Waals surface area (Å²) in [7, 11) is 0. The van der Waals surface area contributed by atoms with Crippen LogP contribution in [-0.4, -0.2) is 0 Å². The van der Waals surface area contributed by atoms with Crippen LogP contribution in [0.2, 0.25) is 0 Å². The van der Waals surface area contributed by atoms with Gasteiger partial charge in [0.2, 0.25) is 0 Å². The summed E-state index contributed by atoms with van der Waals surface area (Å²) in [5.41, 5.74) is 1.79. The van der Waals surface area contributed by atoms with Crippen molar-refractivity contribution in [2.45, 2.75) is 34.6 Å². The van der Waals surface area contributed by atoms with E-state index in [2.05, 4.69) is 37.6 Å². The van der Waals surface area contributed by atoms with Gasteiger partial charge in [-0.25, -0.2) is 0 Å². The zero-order valence-corrected chi connectivity index (χ0v) is 8.68. The lowest BCUT2D eigenvalue weighted by molar-refractivity contribution is 0.491. The number of rotatable bonds is 2. The molecule has 0 atom stereocenters. The molecule has 0 spiro atoms. The Morgan fingerprint density at radius 3 is 2.00 bits per heavy atom. The van der Waals surface area contributed by atoms with Gasteiger partial charge < -0.3 is 0 Å². The van der Waals surface area contributed by atoms with E-state index in [1.165, 1.54) is 0 Å². The molecule has 0 aromatic rings. The van der Waals surface area contributed by atoms with E-state index >= 15 is 0 Å². The van der Waals surface area contributed by atoms with Gasteiger partial charge in [0.25, 0.3) is 0 Å². The minimum atomic E-state index is 0.0632. The standard InChI is InChI=1S/C10H18N2/c1-7-9(10(4,5)6)12-11-8(2)3/h7H,2H2,1,3-6H3/b9-7-,12-11-. The number of hydrogen-bond donors (Lipinski definition) is 0. The van der Waals surface area contributed by atoms with Crippen LogP contribution in [0.25, 0.3) is 0 Å². The molecule has 12 heavy (non-hydrogen) atoms. The minimum absolute atomic E-state index is 0.0632. The van der Waals surface area contributed by atoms with Gasteiger partial charge in [-0.1, -0.05) is 33.4 Å². The first-order chi connectivity index (χ1) is 5.38. The molecule has 0 aliphatic rings. The molecule has 0 unspecified atom stereocenters. The van der Waals surface area contributed by atoms with Crippen LogP contribution in [0.3, 0.4) is 0 Å². The Balaban J connectivity index is 4.53. The van der Waals surface area contributed by atoms with Crippen LogP contribution in [0.5, 0.6) is 0 Å². The smallest absolute Gasteiger partial charge is 0.0641 e. The van der Waals surface area contributed by atoms with Crippen molar-refractivity contribution < 1.29 is 0 Å². The van der Waals surface area contributed by atoms with Gasteiger partial charge in [-0.2, -0.15) is 10.2 Å². The molecule has 0 heterocycles. The highest BCUT2D eigenvalue weighted by atomic mass is 15.1. The molecule has 0 N–H and O–H groups in total. The molecule has 0 amide bonds. The Morgan fingerprint density at radius 1 is 1.25 bits per heavy atom. The van der Waals surface area contributed by atoms with E-state index in [1.807, 2.05) is 19.9 Å². The third-order valence-corrected chi connectivity index (χ3v) is 1.37. The lowest BCUT2D eigenvalue weighted by Crippen LogP contribution is -2.06. The van der Waals surface area contributed by atoms with Gasteiger partial charge in [0, 0.05) is 5.41 Å². The number of allylic oxidation sites excluding steroid dienone is 3. The predicted molar refractivity (Wildman–Crippen MR) is 52.9 cm³/mol. The first-order valence-corrected chi connectivity index (χ1v) is 4.12. The van der Waals surface area contributed by atoms with Crippen LogP contribution < -0.4 is 0 Å². The Bertz CT molecular complexity index is 216. The fraction of sp³-hybridized carbons (Fsp3) is 0.600. The maximum Gasteiger partial charge on any atom is 0.0641 e. The quantitative estimate of drug-likeness (QED) is 0.555. The Morgan fingerprint density at radius 2 is 1.75 bits per heavy atom. The summed E-state index contributed by atoms with van der Waals surface area (Å²) in [6, 6.07) is 0. The highest BCUT2D eigenvalue weighted by molar-refractivity contribution is 5.07. The van der Waals surface area contributed by atoms with E-state index in [4.69, 9.17) is 0 Å². The SMILES string of the molecule is C=C(C)/N=N\C(=C/C)C(C)(C)C. The van der Waals surface area contributed by atoms with Crippen molar-refractivity contribution in [1.29, 1.82) is 0 Å². The molecule has 0 saturated carbocycles. The molecule has 0 radical (unpaired) electrons. The monoisotopic (exact) mass is 166 g/mol. The second-order valence-corrected chi connectivity index (χ2v) is 3.86. The van der Waals surface area contributed by atoms with Crippen LogP contribution in [0, 0.1) is 5.41 Å². The average Bonchev–Trinajstić information content (AvgIpc) is 1.85. The van der Waals surface area contributed by atoms with Crippen molar-refractivity contribution in [3.8, 4) is 0 Å². The van der Waals surface area contributed by atoms with Crippen molar-refractivity contribution in [1.82, 2.24) is 0 Å². The number of hydrogen-bond acceptors (Lipinski definition) is 2. The Kier molecular flexibility index (Phi) is 3.87. The largest absolute Gasteiger partial charge is 0.156 e. The molecule has 0 rings (SSSR count). The molecule has 0 aliphatic heterocycles. The van der Waals surface area contributed by atoms with Crippen molar-refractivity contribution in [3.63, 3.8) is 0 Å². The fourth-order valence-corrected chi connectivity index (χ4v) is 0.780. The predicted octanol–water partition coefficient (Wildman–Crippen LogP) is 3.92. The first kappa shape index (κ1) is 11.1. The van der Waals surface area contributed by atoms with Crippen LogP contribution in [0.1, 0.15) is 34.6 Å². The van der Waals surface area contributed by atoms with Crippen LogP contribution >= 0.6 is 0 Å². The maximum absolute atomic E-state index is 4.10. The second-order valence-electron chi connectivity index (χ2n) is 3.86. The summed E-state index contributed by atoms with van der Waals surface area (Å²) in [5, 5.41) is 8.02. The first-order valence-electron chi connectivity index (χ1n) is 4.12. The summed E-state index contributed by atoms with van der Waals surface area (Å²) in [6.45, 7) is 13.8. The summed E-state index contributed by atoms with van der Waals surface area (Å²) in [5.74, 6) is 0. The normalized spacial score (nSPS) is 13.9. The molecule has 0 aliphatic carbocycles. The molecular formula is C10H18N2. The zero-order valence-electron chi connectivity index (χ0n) is 8.68. The summed E-state index contributed by atoms with van der Waals surface area (Å²) in [4.78, 5) is 0. The molecule has 68 valence electrons. The topological polar surface area (TPSA) is 24.7 Å². The van der Waals surface area contributed by atoms with E-state index in [0.29, 0.717) is 0 Å². The fourth-order valence-electron chi connectivity index (χ4n) is 0.780. The van der Waals surface area contributed by atoms with Crippen LogP contribution in [0.15, 0.2) is 34.3 Å². The van der Waals surface area contributed by atoms with E-state index in [0.717, 1.165) is 11.4 Å². The van der Waals surface area contributed by atoms with E-state index < -0.39 is 0 Å². The maximum atomic E-state index is 4.10. The van der Waals surface area contributed by atoms with Crippen molar-refractivity contribution in [2.24, 2.45) is 15.6 Å². The van der Waals surface area contributed by atoms with Crippen LogP contribution in [-0.2, 0) is 0 Å². The van der Waals surface area contributed by atoms with Gasteiger partial charge in [-0.15, -0.1) is 0 Å². The summed E-state index contributed by atoms with van der Waals surface area (Å²) < 4.78 is 0. The molecule has 0 saturated heterocycles. The molecule has 0 bridgehead atoms. The number of nitrogens with zero attached hydrogens (tertiary/aromatic N) is 2. The highest BCUT2D eigenvalue weighted by Gasteiger charge is 2.15. The third-order valence-electron chi connectivity index (χ3n) is 1.37. The van der Waals surface area contributed by atoms with E-state index in [-0.39, 0.29) is 5.41 Å². The molecule has 2 heteroatoms. The summed E-state index contributed by atoms with van der Waals surface area (Å²) >= 11 is 0. The zero-order chi connectivity index (χ0) is 9.78. The lowest BCUT2D eigenvalue weighted by Gasteiger charge is -2.17. The molecular weight excluding hydrogens is 148 g/mol. The summed E-state index contributed by atoms with van der Waals surface area (Å²) in [6.07, 6.45) is 1.98. The average molecular weight is 166 g/mol. The molecule has 0 aromatic carbocycles. The second kappa shape index (κ2) is 4.19. The van der Waals surface area contributed by atoms with Gasteiger partial charge in [-0.3, -0.25) is 0 Å². The lowest BCUT2D eigenvalue weighted by atomic mass is 9.92. The Labute approximate surface area is 75.1 Å². The van der Waals surface area contributed by atoms with Gasteiger partial charge >= 0.3 is 0 Å². The van der Waals surface area contributed by atoms with Gasteiger partial charge in [0.05, 0.1) is 11.4 Å². The van der Waals surface area contributed by atoms with E-state index in [9.17, 15) is 0 Å².